The Kier molecular flexibility index (Phi) is 0.654. The molecular formula is C11H15N. The van der Waals surface area contributed by atoms with E-state index in [1.165, 1.54) is 42.1 Å². The molecule has 64 valence electrons. The van der Waals surface area contributed by atoms with E-state index in [1.807, 2.05) is 0 Å². The molecule has 5 aliphatic rings. The minimum atomic E-state index is 1.01. The van der Waals surface area contributed by atoms with Crippen LogP contribution in [-0.2, 0) is 0 Å². The maximum atomic E-state index is 3.62. The van der Waals surface area contributed by atoms with Crippen LogP contribution in [0.5, 0.6) is 0 Å². The first kappa shape index (κ1) is 5.64. The molecule has 1 saturated heterocycles. The van der Waals surface area contributed by atoms with Crippen molar-refractivity contribution >= 4 is 0 Å². The number of rotatable bonds is 0. The molecule has 0 aromatic carbocycles. The largest absolute Gasteiger partial charge is 0.313 e. The van der Waals surface area contributed by atoms with E-state index >= 15 is 0 Å². The minimum absolute atomic E-state index is 1.01. The van der Waals surface area contributed by atoms with E-state index in [9.17, 15) is 0 Å². The molecule has 8 atom stereocenters. The Morgan fingerprint density at radius 2 is 1.42 bits per heavy atom. The number of nitrogens with one attached hydrogen (secondary N) is 1. The van der Waals surface area contributed by atoms with Gasteiger partial charge in [-0.3, -0.25) is 0 Å². The summed E-state index contributed by atoms with van der Waals surface area (Å²) in [6.07, 6.45) is 3.19. The van der Waals surface area contributed by atoms with Crippen LogP contribution in [0.4, 0.5) is 0 Å². The summed E-state index contributed by atoms with van der Waals surface area (Å²) in [6.45, 7) is 1.37. The van der Waals surface area contributed by atoms with Crippen molar-refractivity contribution in [2.45, 2.75) is 18.9 Å². The lowest BCUT2D eigenvalue weighted by Gasteiger charge is -2.83. The van der Waals surface area contributed by atoms with Crippen LogP contribution in [0.15, 0.2) is 0 Å². The smallest absolute Gasteiger partial charge is 0.0144 e. The van der Waals surface area contributed by atoms with Crippen LogP contribution in [0.1, 0.15) is 12.8 Å². The molecule has 1 aliphatic heterocycles. The van der Waals surface area contributed by atoms with Gasteiger partial charge in [-0.2, -0.15) is 0 Å². The van der Waals surface area contributed by atoms with Gasteiger partial charge in [-0.05, 0) is 54.3 Å². The molecule has 4 aliphatic carbocycles. The van der Waals surface area contributed by atoms with Crippen LogP contribution < -0.4 is 5.32 Å². The first-order valence-corrected chi connectivity index (χ1v) is 5.70. The zero-order chi connectivity index (χ0) is 7.45. The third-order valence-electron chi connectivity index (χ3n) is 6.11. The summed E-state index contributed by atoms with van der Waals surface area (Å²) in [6, 6.07) is 1.01. The molecule has 1 N–H and O–H groups in total. The van der Waals surface area contributed by atoms with Crippen molar-refractivity contribution in [3.05, 3.63) is 0 Å². The second-order valence-electron chi connectivity index (χ2n) is 5.81. The Hall–Kier alpha value is -0.0400. The van der Waals surface area contributed by atoms with Crippen molar-refractivity contribution < 1.29 is 0 Å². The van der Waals surface area contributed by atoms with Crippen molar-refractivity contribution in [1.82, 2.24) is 5.32 Å². The van der Waals surface area contributed by atoms with Gasteiger partial charge in [0.2, 0.25) is 0 Å². The van der Waals surface area contributed by atoms with Crippen molar-refractivity contribution in [1.29, 1.82) is 0 Å². The molecule has 12 heavy (non-hydrogen) atoms. The van der Waals surface area contributed by atoms with E-state index in [-0.39, 0.29) is 0 Å². The lowest BCUT2D eigenvalue weighted by molar-refractivity contribution is -0.340. The monoisotopic (exact) mass is 161 g/mol. The molecule has 0 aromatic rings. The molecule has 0 amide bonds. The highest BCUT2D eigenvalue weighted by Gasteiger charge is 2.78. The van der Waals surface area contributed by atoms with E-state index in [0.29, 0.717) is 0 Å². The molecule has 0 bridgehead atoms. The standard InChI is InChI=1S/C11H15N/c1-2-5-4(1)7-8(5)10-9(7)6-3-12-11(6)10/h4-12H,1-3H2. The van der Waals surface area contributed by atoms with Gasteiger partial charge >= 0.3 is 0 Å². The highest BCUT2D eigenvalue weighted by Crippen LogP contribution is 2.79. The van der Waals surface area contributed by atoms with Gasteiger partial charge in [0.1, 0.15) is 0 Å². The predicted molar refractivity (Wildman–Crippen MR) is 45.5 cm³/mol. The number of hydrogen-bond acceptors (Lipinski definition) is 1. The molecule has 1 heterocycles. The molecule has 0 aromatic heterocycles. The summed E-state index contributed by atoms with van der Waals surface area (Å²) >= 11 is 0. The second-order valence-corrected chi connectivity index (χ2v) is 5.81. The molecule has 5 rings (SSSR count). The van der Waals surface area contributed by atoms with Crippen molar-refractivity contribution in [3.8, 4) is 0 Å². The van der Waals surface area contributed by atoms with Crippen LogP contribution >= 0.6 is 0 Å². The Morgan fingerprint density at radius 3 is 2.00 bits per heavy atom. The summed E-state index contributed by atoms with van der Waals surface area (Å²) in [5.41, 5.74) is 0. The number of fused-ring (bicyclic) bond motifs is 10. The van der Waals surface area contributed by atoms with Crippen LogP contribution in [0.3, 0.4) is 0 Å². The average molecular weight is 161 g/mol. The van der Waals surface area contributed by atoms with Crippen molar-refractivity contribution in [2.24, 2.45) is 41.4 Å². The van der Waals surface area contributed by atoms with Crippen molar-refractivity contribution in [2.75, 3.05) is 6.54 Å². The molecule has 0 spiro atoms. The summed E-state index contributed by atoms with van der Waals surface area (Å²) in [5.74, 6) is 8.48. The summed E-state index contributed by atoms with van der Waals surface area (Å²) in [4.78, 5) is 0. The fourth-order valence-electron chi connectivity index (χ4n) is 5.48. The maximum Gasteiger partial charge on any atom is 0.0144 e. The summed E-state index contributed by atoms with van der Waals surface area (Å²) in [5, 5.41) is 3.62. The molecule has 1 nitrogen and oxygen atoms in total. The quantitative estimate of drug-likeness (QED) is 0.525. The molecule has 5 fully saturated rings. The molecular weight excluding hydrogens is 146 g/mol. The van der Waals surface area contributed by atoms with Crippen LogP contribution in [-0.4, -0.2) is 12.6 Å². The van der Waals surface area contributed by atoms with E-state index in [2.05, 4.69) is 5.32 Å². The van der Waals surface area contributed by atoms with Crippen LogP contribution in [0.25, 0.3) is 0 Å². The summed E-state index contributed by atoms with van der Waals surface area (Å²) in [7, 11) is 0. The van der Waals surface area contributed by atoms with Gasteiger partial charge in [-0.25, -0.2) is 0 Å². The Labute approximate surface area is 72.9 Å². The molecule has 0 radical (unpaired) electrons. The van der Waals surface area contributed by atoms with E-state index in [4.69, 9.17) is 0 Å². The van der Waals surface area contributed by atoms with Gasteiger partial charge in [0.25, 0.3) is 0 Å². The zero-order valence-corrected chi connectivity index (χ0v) is 7.24. The molecule has 1 heteroatoms. The third kappa shape index (κ3) is 0.320. The highest BCUT2D eigenvalue weighted by molar-refractivity contribution is 5.28. The Bertz CT molecular complexity index is 210. The topological polar surface area (TPSA) is 12.0 Å². The highest BCUT2D eigenvalue weighted by atomic mass is 15.1. The van der Waals surface area contributed by atoms with Gasteiger partial charge in [0.15, 0.2) is 0 Å². The van der Waals surface area contributed by atoms with Crippen LogP contribution in [0, 0.1) is 41.4 Å². The lowest BCUT2D eigenvalue weighted by Crippen LogP contribution is -2.86. The van der Waals surface area contributed by atoms with E-state index < -0.39 is 0 Å². The normalized spacial score (nSPS) is 80.0. The van der Waals surface area contributed by atoms with Gasteiger partial charge in [-0.1, -0.05) is 0 Å². The summed E-state index contributed by atoms with van der Waals surface area (Å²) < 4.78 is 0. The first-order chi connectivity index (χ1) is 5.97. The first-order valence-electron chi connectivity index (χ1n) is 5.70. The molecule has 4 saturated carbocycles. The SMILES string of the molecule is C1CC2C1C1C2C2C3NCC3C12. The number of piperidine rings is 1. The van der Waals surface area contributed by atoms with Gasteiger partial charge in [-0.15, -0.1) is 0 Å². The third-order valence-corrected chi connectivity index (χ3v) is 6.11. The van der Waals surface area contributed by atoms with Gasteiger partial charge < -0.3 is 5.32 Å². The minimum Gasteiger partial charge on any atom is -0.313 e. The average Bonchev–Trinajstić information content (AvgIpc) is 1.99. The maximum absolute atomic E-state index is 3.62. The van der Waals surface area contributed by atoms with E-state index in [1.54, 1.807) is 12.8 Å². The van der Waals surface area contributed by atoms with E-state index in [0.717, 1.165) is 12.0 Å². The molecule has 8 unspecified atom stereocenters. The predicted octanol–water partition coefficient (Wildman–Crippen LogP) is 1.11. The lowest BCUT2D eigenvalue weighted by atomic mass is 9.24. The zero-order valence-electron chi connectivity index (χ0n) is 7.24. The fraction of sp³-hybridized carbons (Fsp3) is 1.00. The fourth-order valence-corrected chi connectivity index (χ4v) is 5.48. The number of hydrogen-bond donors (Lipinski definition) is 1. The Morgan fingerprint density at radius 1 is 0.750 bits per heavy atom. The van der Waals surface area contributed by atoms with Gasteiger partial charge in [0, 0.05) is 12.6 Å². The Balaban J connectivity index is 1.53. The van der Waals surface area contributed by atoms with Crippen LogP contribution in [0.2, 0.25) is 0 Å². The van der Waals surface area contributed by atoms with Crippen molar-refractivity contribution in [3.63, 3.8) is 0 Å². The van der Waals surface area contributed by atoms with Gasteiger partial charge in [0.05, 0.1) is 0 Å². The second kappa shape index (κ2) is 1.39.